The number of rotatable bonds is 3. The van der Waals surface area contributed by atoms with Crippen LogP contribution < -0.4 is 0 Å². The van der Waals surface area contributed by atoms with E-state index in [2.05, 4.69) is 4.98 Å². The van der Waals surface area contributed by atoms with Gasteiger partial charge in [-0.1, -0.05) is 18.2 Å². The molecule has 0 N–H and O–H groups in total. The highest BCUT2D eigenvalue weighted by molar-refractivity contribution is 6.20. The zero-order valence-corrected chi connectivity index (χ0v) is 11.2. The Hall–Kier alpha value is -1.41. The maximum atomic E-state index is 13.2. The molecule has 2 aromatic rings. The second kappa shape index (κ2) is 5.49. The average molecular weight is 264 g/mol. The lowest BCUT2D eigenvalue weighted by Gasteiger charge is -2.10. The molecule has 3 heteroatoms. The third-order valence-electron chi connectivity index (χ3n) is 2.90. The Kier molecular flexibility index (Phi) is 3.97. The van der Waals surface area contributed by atoms with Gasteiger partial charge in [-0.15, -0.1) is 11.6 Å². The van der Waals surface area contributed by atoms with E-state index in [9.17, 15) is 4.39 Å². The molecule has 1 nitrogen and oxygen atoms in total. The van der Waals surface area contributed by atoms with Crippen molar-refractivity contribution in [2.75, 3.05) is 0 Å². The van der Waals surface area contributed by atoms with Crippen molar-refractivity contribution in [2.45, 2.75) is 25.6 Å². The summed E-state index contributed by atoms with van der Waals surface area (Å²) < 4.78 is 13.2. The second-order valence-electron chi connectivity index (χ2n) is 4.51. The average Bonchev–Trinajstić information content (AvgIpc) is 2.35. The van der Waals surface area contributed by atoms with E-state index in [1.54, 1.807) is 19.1 Å². The van der Waals surface area contributed by atoms with E-state index in [0.29, 0.717) is 12.0 Å². The molecule has 2 rings (SSSR count). The SMILES string of the molecule is Cc1ccc(CC(Cl)c2ccc(F)c(C)c2)nc1. The van der Waals surface area contributed by atoms with Crippen molar-refractivity contribution >= 4 is 11.6 Å². The molecule has 18 heavy (non-hydrogen) atoms. The summed E-state index contributed by atoms with van der Waals surface area (Å²) in [6.45, 7) is 3.74. The highest BCUT2D eigenvalue weighted by Crippen LogP contribution is 2.25. The number of pyridine rings is 1. The summed E-state index contributed by atoms with van der Waals surface area (Å²) in [6, 6.07) is 8.97. The van der Waals surface area contributed by atoms with E-state index < -0.39 is 0 Å². The first kappa shape index (κ1) is 13.0. The van der Waals surface area contributed by atoms with E-state index in [0.717, 1.165) is 16.8 Å². The Balaban J connectivity index is 2.13. The smallest absolute Gasteiger partial charge is 0.126 e. The molecule has 0 aliphatic heterocycles. The first-order valence-corrected chi connectivity index (χ1v) is 6.31. The molecule has 0 fully saturated rings. The number of hydrogen-bond acceptors (Lipinski definition) is 1. The van der Waals surface area contributed by atoms with Gasteiger partial charge in [0, 0.05) is 18.3 Å². The van der Waals surface area contributed by atoms with Gasteiger partial charge < -0.3 is 0 Å². The van der Waals surface area contributed by atoms with Gasteiger partial charge >= 0.3 is 0 Å². The van der Waals surface area contributed by atoms with Crippen LogP contribution in [0.3, 0.4) is 0 Å². The van der Waals surface area contributed by atoms with Gasteiger partial charge in [-0.3, -0.25) is 4.98 Å². The van der Waals surface area contributed by atoms with E-state index >= 15 is 0 Å². The molecule has 0 aliphatic rings. The van der Waals surface area contributed by atoms with Crippen molar-refractivity contribution in [1.29, 1.82) is 0 Å². The van der Waals surface area contributed by atoms with Crippen molar-refractivity contribution in [3.8, 4) is 0 Å². The van der Waals surface area contributed by atoms with Gasteiger partial charge in [0.2, 0.25) is 0 Å². The van der Waals surface area contributed by atoms with Crippen LogP contribution in [0.15, 0.2) is 36.5 Å². The van der Waals surface area contributed by atoms with Gasteiger partial charge in [-0.2, -0.15) is 0 Å². The van der Waals surface area contributed by atoms with Crippen LogP contribution in [0, 0.1) is 19.7 Å². The van der Waals surface area contributed by atoms with E-state index in [1.807, 2.05) is 25.3 Å². The zero-order chi connectivity index (χ0) is 13.1. The van der Waals surface area contributed by atoms with Gasteiger partial charge in [0.1, 0.15) is 5.82 Å². The lowest BCUT2D eigenvalue weighted by Crippen LogP contribution is -1.99. The molecule has 1 aromatic heterocycles. The Morgan fingerprint density at radius 1 is 1.22 bits per heavy atom. The van der Waals surface area contributed by atoms with Gasteiger partial charge in [0.15, 0.2) is 0 Å². The molecule has 0 amide bonds. The van der Waals surface area contributed by atoms with Gasteiger partial charge in [-0.05, 0) is 42.7 Å². The topological polar surface area (TPSA) is 12.9 Å². The molecule has 0 saturated carbocycles. The minimum absolute atomic E-state index is 0.181. The predicted molar refractivity (Wildman–Crippen MR) is 72.4 cm³/mol. The lowest BCUT2D eigenvalue weighted by atomic mass is 10.0. The van der Waals surface area contributed by atoms with E-state index in [4.69, 9.17) is 11.6 Å². The summed E-state index contributed by atoms with van der Waals surface area (Å²) in [5.41, 5.74) is 3.62. The van der Waals surface area contributed by atoms with Crippen molar-refractivity contribution in [3.05, 3.63) is 64.7 Å². The van der Waals surface area contributed by atoms with E-state index in [-0.39, 0.29) is 11.2 Å². The molecule has 0 spiro atoms. The quantitative estimate of drug-likeness (QED) is 0.750. The molecular formula is C15H15ClFN. The fraction of sp³-hybridized carbons (Fsp3) is 0.267. The fourth-order valence-corrected chi connectivity index (χ4v) is 2.08. The molecule has 1 aromatic carbocycles. The van der Waals surface area contributed by atoms with Crippen molar-refractivity contribution < 1.29 is 4.39 Å². The molecular weight excluding hydrogens is 249 g/mol. The standard InChI is InChI=1S/C15H15ClFN/c1-10-3-5-13(18-9-10)8-14(16)12-4-6-15(17)11(2)7-12/h3-7,9,14H,8H2,1-2H3. The van der Waals surface area contributed by atoms with Crippen molar-refractivity contribution in [3.63, 3.8) is 0 Å². The van der Waals surface area contributed by atoms with Crippen LogP contribution in [-0.4, -0.2) is 4.98 Å². The summed E-state index contributed by atoms with van der Waals surface area (Å²) in [6.07, 6.45) is 2.47. The van der Waals surface area contributed by atoms with Gasteiger partial charge in [-0.25, -0.2) is 4.39 Å². The Bertz CT molecular complexity index is 537. The van der Waals surface area contributed by atoms with Gasteiger partial charge in [0.25, 0.3) is 0 Å². The van der Waals surface area contributed by atoms with Crippen LogP contribution in [0.5, 0.6) is 0 Å². The second-order valence-corrected chi connectivity index (χ2v) is 5.03. The monoisotopic (exact) mass is 263 g/mol. The summed E-state index contributed by atoms with van der Waals surface area (Å²) in [4.78, 5) is 4.33. The third kappa shape index (κ3) is 3.08. The molecule has 1 unspecified atom stereocenters. The number of nitrogens with zero attached hydrogens (tertiary/aromatic N) is 1. The number of aromatic nitrogens is 1. The first-order chi connectivity index (χ1) is 8.56. The maximum Gasteiger partial charge on any atom is 0.126 e. The maximum absolute atomic E-state index is 13.2. The molecule has 0 aliphatic carbocycles. The van der Waals surface area contributed by atoms with Gasteiger partial charge in [0.05, 0.1) is 5.38 Å². The highest BCUT2D eigenvalue weighted by atomic mass is 35.5. The van der Waals surface area contributed by atoms with Crippen LogP contribution >= 0.6 is 11.6 Å². The predicted octanol–water partition coefficient (Wildman–Crippen LogP) is 4.36. The van der Waals surface area contributed by atoms with E-state index in [1.165, 1.54) is 6.07 Å². The molecule has 1 heterocycles. The van der Waals surface area contributed by atoms with Crippen LogP contribution in [-0.2, 0) is 6.42 Å². The highest BCUT2D eigenvalue weighted by Gasteiger charge is 2.11. The first-order valence-electron chi connectivity index (χ1n) is 5.88. The lowest BCUT2D eigenvalue weighted by molar-refractivity contribution is 0.617. The van der Waals surface area contributed by atoms with Crippen LogP contribution in [0.25, 0.3) is 0 Å². The molecule has 0 saturated heterocycles. The summed E-state index contributed by atoms with van der Waals surface area (Å²) >= 11 is 6.34. The normalized spacial score (nSPS) is 12.4. The minimum Gasteiger partial charge on any atom is -0.261 e. The molecule has 0 radical (unpaired) electrons. The third-order valence-corrected chi connectivity index (χ3v) is 3.31. The van der Waals surface area contributed by atoms with Crippen molar-refractivity contribution in [2.24, 2.45) is 0 Å². The van der Waals surface area contributed by atoms with Crippen LogP contribution in [0.2, 0.25) is 0 Å². The Morgan fingerprint density at radius 3 is 2.61 bits per heavy atom. The zero-order valence-electron chi connectivity index (χ0n) is 10.5. The molecule has 94 valence electrons. The number of hydrogen-bond donors (Lipinski definition) is 0. The van der Waals surface area contributed by atoms with Crippen LogP contribution in [0.1, 0.15) is 27.8 Å². The molecule has 1 atom stereocenters. The summed E-state index contributed by atoms with van der Waals surface area (Å²) in [7, 11) is 0. The molecule has 0 bridgehead atoms. The number of halogens is 2. The summed E-state index contributed by atoms with van der Waals surface area (Å²) in [5, 5.41) is -0.181. The largest absolute Gasteiger partial charge is 0.261 e. The van der Waals surface area contributed by atoms with Crippen LogP contribution in [0.4, 0.5) is 4.39 Å². The fourth-order valence-electron chi connectivity index (χ4n) is 1.78. The Morgan fingerprint density at radius 2 is 2.00 bits per heavy atom. The Labute approximate surface area is 112 Å². The summed E-state index contributed by atoms with van der Waals surface area (Å²) in [5.74, 6) is -0.198. The number of aryl methyl sites for hydroxylation is 2. The number of alkyl halides is 1. The number of benzene rings is 1. The minimum atomic E-state index is -0.198. The van der Waals surface area contributed by atoms with Crippen molar-refractivity contribution in [1.82, 2.24) is 4.98 Å².